The molecule has 0 atom stereocenters. The second-order valence-corrected chi connectivity index (χ2v) is 13.4. The molecule has 0 radical (unpaired) electrons. The first-order valence-corrected chi connectivity index (χ1v) is 15.5. The summed E-state index contributed by atoms with van der Waals surface area (Å²) < 4.78 is 16.5. The van der Waals surface area contributed by atoms with Gasteiger partial charge in [0.25, 0.3) is 0 Å². The van der Waals surface area contributed by atoms with Crippen molar-refractivity contribution in [2.75, 3.05) is 21.3 Å². The minimum atomic E-state index is -2.24. The molecule has 4 nitrogen and oxygen atoms in total. The van der Waals surface area contributed by atoms with Crippen LogP contribution in [-0.4, -0.2) is 27.3 Å². The van der Waals surface area contributed by atoms with Crippen LogP contribution in [0.15, 0.2) is 121 Å². The van der Waals surface area contributed by atoms with Gasteiger partial charge in [0.2, 0.25) is 0 Å². The van der Waals surface area contributed by atoms with E-state index < -0.39 is 13.2 Å². The summed E-state index contributed by atoms with van der Waals surface area (Å²) in [5.74, 6) is 0.728. The molecule has 0 saturated carbocycles. The maximum Gasteiger partial charge on any atom is 0.337 e. The Hall–Kier alpha value is -3.63. The number of esters is 1. The number of ether oxygens (including phenoxy) is 3. The molecule has 7 heteroatoms. The molecule has 0 heterocycles. The van der Waals surface area contributed by atoms with Gasteiger partial charge in [-0.3, -0.25) is 0 Å². The topological polar surface area (TPSA) is 44.8 Å². The molecule has 0 spiro atoms. The fraction of sp³-hybridized carbons (Fsp3) is 0.114. The summed E-state index contributed by atoms with van der Waals surface area (Å²) in [6.45, 7) is 0. The van der Waals surface area contributed by atoms with Gasteiger partial charge in [-0.2, -0.15) is 0 Å². The first-order chi connectivity index (χ1) is 20.0. The Bertz CT molecular complexity index is 1550. The van der Waals surface area contributed by atoms with E-state index in [-0.39, 0.29) is 17.0 Å². The third-order valence-corrected chi connectivity index (χ3v) is 11.9. The summed E-state index contributed by atoms with van der Waals surface area (Å²) in [7, 11) is 2.36. The monoisotopic (exact) mass is 660 g/mol. The Morgan fingerprint density at radius 2 is 1.14 bits per heavy atom. The molecule has 0 bridgehead atoms. The van der Waals surface area contributed by atoms with E-state index in [1.807, 2.05) is 18.2 Å². The molecule has 0 aromatic heterocycles. The van der Waals surface area contributed by atoms with Crippen molar-refractivity contribution in [1.29, 1.82) is 0 Å². The van der Waals surface area contributed by atoms with Gasteiger partial charge in [0.1, 0.15) is 34.7 Å². The highest BCUT2D eigenvalue weighted by atomic mass is 79.9. The lowest BCUT2D eigenvalue weighted by atomic mass is 9.98. The molecule has 0 aliphatic carbocycles. The third-order valence-electron chi connectivity index (χ3n) is 7.29. The largest absolute Gasteiger partial charge is 1.00 e. The van der Waals surface area contributed by atoms with Gasteiger partial charge in [0.15, 0.2) is 0 Å². The summed E-state index contributed by atoms with van der Waals surface area (Å²) in [6, 6.07) is 41.5. The molecule has 0 unspecified atom stereocenters. The van der Waals surface area contributed by atoms with E-state index in [0.717, 1.165) is 16.7 Å². The van der Waals surface area contributed by atoms with Gasteiger partial charge in [0, 0.05) is 11.1 Å². The van der Waals surface area contributed by atoms with Gasteiger partial charge in [0.05, 0.1) is 38.1 Å². The number of rotatable bonds is 9. The van der Waals surface area contributed by atoms with E-state index in [1.165, 1.54) is 23.0 Å². The number of carbonyl (C=O) groups is 1. The molecule has 0 aliphatic rings. The van der Waals surface area contributed by atoms with Crippen molar-refractivity contribution >= 4 is 40.7 Å². The van der Waals surface area contributed by atoms with Gasteiger partial charge < -0.3 is 31.2 Å². The average Bonchev–Trinajstić information content (AvgIpc) is 3.04. The predicted molar refractivity (Wildman–Crippen MR) is 170 cm³/mol. The summed E-state index contributed by atoms with van der Waals surface area (Å²) >= 11 is 6.74. The highest BCUT2D eigenvalue weighted by Gasteiger charge is 2.46. The smallest absolute Gasteiger partial charge is 0.337 e. The van der Waals surface area contributed by atoms with Gasteiger partial charge in [-0.1, -0.05) is 66.2 Å². The van der Waals surface area contributed by atoms with E-state index in [4.69, 9.17) is 25.8 Å². The van der Waals surface area contributed by atoms with E-state index >= 15 is 0 Å². The summed E-state index contributed by atoms with van der Waals surface area (Å²) in [5, 5.41) is 4.30. The van der Waals surface area contributed by atoms with Crippen molar-refractivity contribution in [3.8, 4) is 22.6 Å². The van der Waals surface area contributed by atoms with Crippen molar-refractivity contribution < 1.29 is 36.0 Å². The van der Waals surface area contributed by atoms with Crippen LogP contribution in [0.25, 0.3) is 11.1 Å². The fourth-order valence-corrected chi connectivity index (χ4v) is 9.81. The second kappa shape index (κ2) is 14.0. The molecule has 0 aliphatic heterocycles. The van der Waals surface area contributed by atoms with Gasteiger partial charge in [-0.05, 0) is 72.3 Å². The Kier molecular flexibility index (Phi) is 10.5. The predicted octanol–water partition coefficient (Wildman–Crippen LogP) is 4.31. The van der Waals surface area contributed by atoms with Crippen molar-refractivity contribution in [2.45, 2.75) is 6.16 Å². The summed E-state index contributed by atoms with van der Waals surface area (Å²) in [4.78, 5) is 12.3. The van der Waals surface area contributed by atoms with Crippen LogP contribution >= 0.6 is 18.9 Å². The molecule has 42 heavy (non-hydrogen) atoms. The first kappa shape index (κ1) is 31.3. The van der Waals surface area contributed by atoms with Crippen LogP contribution in [0.5, 0.6) is 11.5 Å². The third kappa shape index (κ3) is 6.10. The first-order valence-electron chi connectivity index (χ1n) is 13.2. The maximum atomic E-state index is 12.3. The zero-order valence-corrected chi connectivity index (χ0v) is 26.8. The van der Waals surface area contributed by atoms with Crippen LogP contribution < -0.4 is 42.4 Å². The standard InChI is InChI=1S/C35H31ClO4P.BrH/c1-38-33-21-25(35(37)40-3)19-20-30(33)31-23-32(36)34(39-2)22-26(31)24-41(27-13-7-4-8-14-27,28-15-9-5-10-16-28)29-17-11-6-12-18-29;/h4-23H,24H2,1-3H3;1H/q+1;/p-1. The van der Waals surface area contributed by atoms with E-state index in [9.17, 15) is 4.79 Å². The minimum Gasteiger partial charge on any atom is -1.00 e. The van der Waals surface area contributed by atoms with Crippen molar-refractivity contribution in [3.05, 3.63) is 137 Å². The summed E-state index contributed by atoms with van der Waals surface area (Å²) in [5.41, 5.74) is 3.21. The Morgan fingerprint density at radius 1 is 0.643 bits per heavy atom. The Morgan fingerprint density at radius 3 is 1.60 bits per heavy atom. The molecule has 5 aromatic carbocycles. The maximum absolute atomic E-state index is 12.3. The molecule has 0 amide bonds. The van der Waals surface area contributed by atoms with Crippen molar-refractivity contribution in [3.63, 3.8) is 0 Å². The number of benzene rings is 5. The lowest BCUT2D eigenvalue weighted by molar-refractivity contribution is -0.0000229. The number of carbonyl (C=O) groups excluding carboxylic acids is 1. The highest BCUT2D eigenvalue weighted by Crippen LogP contribution is 2.59. The van der Waals surface area contributed by atoms with Gasteiger partial charge in [-0.25, -0.2) is 4.79 Å². The van der Waals surface area contributed by atoms with Crippen molar-refractivity contribution in [2.24, 2.45) is 0 Å². The number of hydrogen-bond donors (Lipinski definition) is 0. The lowest BCUT2D eigenvalue weighted by Gasteiger charge is -2.29. The van der Waals surface area contributed by atoms with Crippen molar-refractivity contribution in [1.82, 2.24) is 0 Å². The SMILES string of the molecule is COC(=O)c1ccc(-c2cc(Cl)c(OC)cc2C[P+](c2ccccc2)(c2ccccc2)c2ccccc2)c(OC)c1.[Br-]. The minimum absolute atomic E-state index is 0. The lowest BCUT2D eigenvalue weighted by Crippen LogP contribution is -3.00. The Balaban J connectivity index is 0.00000405. The van der Waals surface area contributed by atoms with Crippen LogP contribution in [0.1, 0.15) is 15.9 Å². The van der Waals surface area contributed by atoms with Gasteiger partial charge >= 0.3 is 5.97 Å². The fourth-order valence-electron chi connectivity index (χ4n) is 5.32. The molecule has 0 fully saturated rings. The van der Waals surface area contributed by atoms with Crippen LogP contribution in [0.2, 0.25) is 5.02 Å². The molecule has 0 N–H and O–H groups in total. The molecular formula is C35H31BrClO4P. The Labute approximate surface area is 263 Å². The van der Waals surface area contributed by atoms with Crippen LogP contribution in [0.4, 0.5) is 0 Å². The van der Waals surface area contributed by atoms with E-state index in [2.05, 4.69) is 91.0 Å². The van der Waals surface area contributed by atoms with Crippen LogP contribution in [0, 0.1) is 0 Å². The van der Waals surface area contributed by atoms with E-state index in [0.29, 0.717) is 28.2 Å². The highest BCUT2D eigenvalue weighted by molar-refractivity contribution is 7.95. The van der Waals surface area contributed by atoms with E-state index in [1.54, 1.807) is 26.4 Å². The normalized spacial score (nSPS) is 10.9. The average molecular weight is 662 g/mol. The number of hydrogen-bond acceptors (Lipinski definition) is 4. The number of halogens is 2. The molecule has 5 rings (SSSR count). The van der Waals surface area contributed by atoms with Crippen LogP contribution in [0.3, 0.4) is 0 Å². The zero-order valence-electron chi connectivity index (χ0n) is 23.6. The zero-order chi connectivity index (χ0) is 28.8. The quantitative estimate of drug-likeness (QED) is 0.175. The molecule has 214 valence electrons. The summed E-state index contributed by atoms with van der Waals surface area (Å²) in [6.07, 6.45) is 0.704. The second-order valence-electron chi connectivity index (χ2n) is 9.53. The van der Waals surface area contributed by atoms with Crippen LogP contribution in [-0.2, 0) is 10.9 Å². The molecule has 5 aromatic rings. The number of methoxy groups -OCH3 is 3. The molecular weight excluding hydrogens is 631 g/mol. The molecule has 0 saturated heterocycles. The van der Waals surface area contributed by atoms with Gasteiger partial charge in [-0.15, -0.1) is 0 Å².